The Morgan fingerprint density at radius 3 is 2.17 bits per heavy atom. The van der Waals surface area contributed by atoms with Crippen LogP contribution in [0.2, 0.25) is 18.1 Å². The molecule has 4 rings (SSSR count). The lowest BCUT2D eigenvalue weighted by molar-refractivity contribution is 0.0256. The zero-order valence-electron chi connectivity index (χ0n) is 21.3. The second-order valence-electron chi connectivity index (χ2n) is 11.0. The summed E-state index contributed by atoms with van der Waals surface area (Å²) >= 11 is 0. The summed E-state index contributed by atoms with van der Waals surface area (Å²) in [6.07, 6.45) is 3.21. The first-order valence-corrected chi connectivity index (χ1v) is 15.1. The van der Waals surface area contributed by atoms with Crippen LogP contribution in [0.1, 0.15) is 32.8 Å². The summed E-state index contributed by atoms with van der Waals surface area (Å²) in [5, 5.41) is 0.0683. The number of alkyl halides is 2. The Kier molecular flexibility index (Phi) is 7.07. The largest absolute Gasteiger partial charge is 0.412 e. The highest BCUT2D eigenvalue weighted by atomic mass is 28.4. The van der Waals surface area contributed by atoms with Crippen LogP contribution in [-0.4, -0.2) is 63.5 Å². The van der Waals surface area contributed by atoms with Gasteiger partial charge in [0.15, 0.2) is 14.1 Å². The SMILES string of the molecule is CC(C)(C)[Si](C)(C)OCc1cccc(N2CCN(c3cnc(N4CCC(F)(F)C4)nc3)CC2)c1F. The lowest BCUT2D eigenvalue weighted by Crippen LogP contribution is -2.47. The van der Waals surface area contributed by atoms with Gasteiger partial charge in [0.25, 0.3) is 5.92 Å². The molecular weight excluding hydrogens is 471 g/mol. The number of rotatable bonds is 6. The first-order chi connectivity index (χ1) is 16.4. The molecule has 0 saturated carbocycles. The third-order valence-corrected chi connectivity index (χ3v) is 12.0. The molecule has 0 N–H and O–H groups in total. The minimum absolute atomic E-state index is 0.0683. The van der Waals surface area contributed by atoms with Crippen LogP contribution < -0.4 is 14.7 Å². The van der Waals surface area contributed by atoms with Gasteiger partial charge in [-0.15, -0.1) is 0 Å². The van der Waals surface area contributed by atoms with Gasteiger partial charge in [0, 0.05) is 44.7 Å². The van der Waals surface area contributed by atoms with Crippen molar-refractivity contribution in [2.24, 2.45) is 0 Å². The average Bonchev–Trinajstić information content (AvgIpc) is 3.17. The molecule has 192 valence electrons. The van der Waals surface area contributed by atoms with Gasteiger partial charge in [0.2, 0.25) is 5.95 Å². The van der Waals surface area contributed by atoms with Crippen molar-refractivity contribution in [3.05, 3.63) is 42.0 Å². The summed E-state index contributed by atoms with van der Waals surface area (Å²) in [5.41, 5.74) is 2.03. The van der Waals surface area contributed by atoms with E-state index in [-0.39, 0.29) is 37.0 Å². The van der Waals surface area contributed by atoms with Crippen molar-refractivity contribution in [2.45, 2.75) is 57.9 Å². The molecule has 0 aliphatic carbocycles. The highest BCUT2D eigenvalue weighted by Crippen LogP contribution is 2.37. The number of hydrogen-bond donors (Lipinski definition) is 0. The van der Waals surface area contributed by atoms with E-state index in [4.69, 9.17) is 4.43 Å². The fraction of sp³-hybridized carbons (Fsp3) is 0.600. The van der Waals surface area contributed by atoms with Gasteiger partial charge < -0.3 is 19.1 Å². The maximum atomic E-state index is 15.4. The molecule has 0 atom stereocenters. The van der Waals surface area contributed by atoms with E-state index in [1.165, 1.54) is 4.90 Å². The molecule has 1 aromatic carbocycles. The smallest absolute Gasteiger partial charge is 0.267 e. The van der Waals surface area contributed by atoms with E-state index in [0.29, 0.717) is 43.4 Å². The van der Waals surface area contributed by atoms with E-state index < -0.39 is 14.2 Å². The monoisotopic (exact) mass is 507 g/mol. The Morgan fingerprint density at radius 2 is 1.60 bits per heavy atom. The Bertz CT molecular complexity index is 1020. The molecule has 0 radical (unpaired) electrons. The number of anilines is 3. The first kappa shape index (κ1) is 25.8. The van der Waals surface area contributed by atoms with Crippen LogP contribution in [0.5, 0.6) is 0 Å². The number of hydrogen-bond acceptors (Lipinski definition) is 6. The van der Waals surface area contributed by atoms with E-state index in [9.17, 15) is 8.78 Å². The second kappa shape index (κ2) is 9.61. The third-order valence-electron chi connectivity index (χ3n) is 7.52. The highest BCUT2D eigenvalue weighted by molar-refractivity contribution is 6.74. The predicted octanol–water partition coefficient (Wildman–Crippen LogP) is 5.31. The molecule has 6 nitrogen and oxygen atoms in total. The van der Waals surface area contributed by atoms with Gasteiger partial charge in [-0.05, 0) is 24.2 Å². The topological polar surface area (TPSA) is 44.7 Å². The number of halogens is 3. The molecule has 2 aliphatic rings. The molecule has 2 fully saturated rings. The van der Waals surface area contributed by atoms with Gasteiger partial charge >= 0.3 is 0 Å². The van der Waals surface area contributed by atoms with E-state index >= 15 is 4.39 Å². The van der Waals surface area contributed by atoms with Crippen molar-refractivity contribution < 1.29 is 17.6 Å². The van der Waals surface area contributed by atoms with Crippen LogP contribution in [0.25, 0.3) is 0 Å². The Labute approximate surface area is 207 Å². The van der Waals surface area contributed by atoms with E-state index in [1.807, 2.05) is 12.1 Å². The van der Waals surface area contributed by atoms with Crippen molar-refractivity contribution in [1.82, 2.24) is 9.97 Å². The molecular formula is C25H36F3N5OSi. The minimum Gasteiger partial charge on any atom is -0.412 e. The molecule has 0 spiro atoms. The summed E-state index contributed by atoms with van der Waals surface area (Å²) < 4.78 is 48.6. The molecule has 2 aliphatic heterocycles. The maximum Gasteiger partial charge on any atom is 0.267 e. The van der Waals surface area contributed by atoms with Gasteiger partial charge in [-0.3, -0.25) is 0 Å². The zero-order valence-corrected chi connectivity index (χ0v) is 22.3. The molecule has 35 heavy (non-hydrogen) atoms. The molecule has 0 amide bonds. The van der Waals surface area contributed by atoms with Gasteiger partial charge in [0.05, 0.1) is 36.9 Å². The summed E-state index contributed by atoms with van der Waals surface area (Å²) in [6.45, 7) is 13.8. The normalized spacial score (nSPS) is 18.9. The number of piperazine rings is 1. The van der Waals surface area contributed by atoms with Crippen molar-refractivity contribution in [2.75, 3.05) is 54.0 Å². The quantitative estimate of drug-likeness (QED) is 0.494. The lowest BCUT2D eigenvalue weighted by atomic mass is 10.1. The minimum atomic E-state index is -2.68. The van der Waals surface area contributed by atoms with Crippen molar-refractivity contribution in [1.29, 1.82) is 0 Å². The Hall–Kier alpha value is -2.33. The first-order valence-electron chi connectivity index (χ1n) is 12.2. The maximum absolute atomic E-state index is 15.4. The van der Waals surface area contributed by atoms with Crippen LogP contribution in [0, 0.1) is 5.82 Å². The zero-order chi connectivity index (χ0) is 25.4. The van der Waals surface area contributed by atoms with Crippen molar-refractivity contribution >= 4 is 25.6 Å². The number of benzene rings is 1. The lowest BCUT2D eigenvalue weighted by Gasteiger charge is -2.38. The number of nitrogens with zero attached hydrogens (tertiary/aromatic N) is 5. The van der Waals surface area contributed by atoms with Crippen LogP contribution in [-0.2, 0) is 11.0 Å². The van der Waals surface area contributed by atoms with Gasteiger partial charge in [-0.2, -0.15) is 0 Å². The molecule has 0 bridgehead atoms. The van der Waals surface area contributed by atoms with Gasteiger partial charge in [-0.1, -0.05) is 32.9 Å². The van der Waals surface area contributed by atoms with Crippen molar-refractivity contribution in [3.63, 3.8) is 0 Å². The van der Waals surface area contributed by atoms with Crippen LogP contribution >= 0.6 is 0 Å². The summed E-state index contributed by atoms with van der Waals surface area (Å²) in [6, 6.07) is 5.52. The molecule has 3 heterocycles. The molecule has 0 unspecified atom stereocenters. The van der Waals surface area contributed by atoms with E-state index in [0.717, 1.165) is 5.69 Å². The molecule has 1 aromatic heterocycles. The second-order valence-corrected chi connectivity index (χ2v) is 15.9. The third kappa shape index (κ3) is 5.74. The summed E-state index contributed by atoms with van der Waals surface area (Å²) in [4.78, 5) is 14.4. The van der Waals surface area contributed by atoms with Crippen LogP contribution in [0.3, 0.4) is 0 Å². The number of aromatic nitrogens is 2. The average molecular weight is 508 g/mol. The van der Waals surface area contributed by atoms with E-state index in [2.05, 4.69) is 53.6 Å². The van der Waals surface area contributed by atoms with Gasteiger partial charge in [-0.25, -0.2) is 23.1 Å². The van der Waals surface area contributed by atoms with Crippen LogP contribution in [0.15, 0.2) is 30.6 Å². The summed E-state index contributed by atoms with van der Waals surface area (Å²) in [7, 11) is -1.97. The van der Waals surface area contributed by atoms with Crippen molar-refractivity contribution in [3.8, 4) is 0 Å². The highest BCUT2D eigenvalue weighted by Gasteiger charge is 2.39. The predicted molar refractivity (Wildman–Crippen MR) is 137 cm³/mol. The van der Waals surface area contributed by atoms with E-state index in [1.54, 1.807) is 18.5 Å². The van der Waals surface area contributed by atoms with Gasteiger partial charge in [0.1, 0.15) is 0 Å². The standard InChI is InChI=1S/C25H36F3N5OSi/c1-24(2,3)35(4,5)34-17-19-7-6-8-21(22(19)26)32-13-11-31(12-14-32)20-15-29-23(30-16-20)33-10-9-25(27,28)18-33/h6-8,15-16H,9-14,17-18H2,1-5H3. The van der Waals surface area contributed by atoms with Crippen LogP contribution in [0.4, 0.5) is 30.5 Å². The molecule has 2 aromatic rings. The molecule has 2 saturated heterocycles. The Balaban J connectivity index is 1.36. The molecule has 10 heteroatoms. The summed E-state index contributed by atoms with van der Waals surface area (Å²) in [5.74, 6) is -2.56. The fourth-order valence-corrected chi connectivity index (χ4v) is 5.10. The Morgan fingerprint density at radius 1 is 0.971 bits per heavy atom. The fourth-order valence-electron chi connectivity index (χ4n) is 4.15.